The van der Waals surface area contributed by atoms with Crippen LogP contribution in [0.4, 0.5) is 17.8 Å². The van der Waals surface area contributed by atoms with Crippen molar-refractivity contribution in [3.8, 4) is 0 Å². The molecule has 1 aromatic heterocycles. The van der Waals surface area contributed by atoms with Crippen LogP contribution in [0.5, 0.6) is 0 Å². The lowest BCUT2D eigenvalue weighted by Crippen LogP contribution is -2.05. The van der Waals surface area contributed by atoms with Crippen LogP contribution in [0.3, 0.4) is 0 Å². The number of nitrogen functional groups attached to an aromatic ring is 3. The lowest BCUT2D eigenvalue weighted by molar-refractivity contribution is 0.275. The molecular formula is C3H15AlN7O4P. The second-order valence-corrected chi connectivity index (χ2v) is 2.95. The van der Waals surface area contributed by atoms with Crippen molar-refractivity contribution in [2.75, 3.05) is 17.2 Å². The fourth-order valence-electron chi connectivity index (χ4n) is 0.427. The molecule has 0 aromatic carbocycles. The fraction of sp³-hybridized carbons (Fsp3) is 0. The Balaban J connectivity index is -0.000000214. The average molecular weight is 271 g/mol. The molecule has 0 atom stereocenters. The van der Waals surface area contributed by atoms with Gasteiger partial charge < -0.3 is 38.0 Å². The maximum Gasteiger partial charge on any atom is 0.466 e. The lowest BCUT2D eigenvalue weighted by atomic mass is 10.9. The van der Waals surface area contributed by atoms with E-state index in [1.807, 2.05) is 0 Å². The number of hydrogen-bond donors (Lipinski definition) is 7. The van der Waals surface area contributed by atoms with Gasteiger partial charge in [0.15, 0.2) is 17.4 Å². The molecule has 0 aliphatic heterocycles. The second-order valence-electron chi connectivity index (χ2n) is 1.92. The molecule has 0 amide bonds. The van der Waals surface area contributed by atoms with Gasteiger partial charge in [0.05, 0.1) is 0 Å². The maximum absolute atomic E-state index is 8.88. The summed E-state index contributed by atoms with van der Waals surface area (Å²) in [5, 5.41) is 0. The molecule has 0 saturated heterocycles. The van der Waals surface area contributed by atoms with E-state index in [0.717, 1.165) is 0 Å². The highest BCUT2D eigenvalue weighted by Gasteiger charge is 2.00. The van der Waals surface area contributed by atoms with Crippen LogP contribution in [-0.2, 0) is 4.57 Å². The zero-order valence-corrected chi connectivity index (χ0v) is 8.37. The Labute approximate surface area is 101 Å². The Hall–Kier alpha value is -0.988. The SMILES string of the molecule is N.Nc1nc(N)nc(N)n1.O=P(O)(O)O.[AlH3]. The normalized spacial score (nSPS) is 8.94. The minimum atomic E-state index is -4.64. The van der Waals surface area contributed by atoms with Gasteiger partial charge in [0.25, 0.3) is 0 Å². The summed E-state index contributed by atoms with van der Waals surface area (Å²) in [4.78, 5) is 32.0. The minimum Gasteiger partial charge on any atom is -0.368 e. The van der Waals surface area contributed by atoms with Crippen LogP contribution in [-0.4, -0.2) is 47.0 Å². The first-order chi connectivity index (χ1) is 6.18. The number of aromatic nitrogens is 3. The third-order valence-electron chi connectivity index (χ3n) is 0.687. The number of anilines is 3. The quantitative estimate of drug-likeness (QED) is 0.182. The first-order valence-electron chi connectivity index (χ1n) is 2.99. The van der Waals surface area contributed by atoms with Crippen molar-refractivity contribution in [1.82, 2.24) is 21.1 Å². The fourth-order valence-corrected chi connectivity index (χ4v) is 0.427. The smallest absolute Gasteiger partial charge is 0.368 e. The predicted molar refractivity (Wildman–Crippen MR) is 62.3 cm³/mol. The molecule has 0 aliphatic carbocycles. The van der Waals surface area contributed by atoms with Gasteiger partial charge in [0.2, 0.25) is 17.8 Å². The van der Waals surface area contributed by atoms with Gasteiger partial charge in [0, 0.05) is 0 Å². The first-order valence-corrected chi connectivity index (χ1v) is 4.56. The molecule has 0 fully saturated rings. The van der Waals surface area contributed by atoms with Crippen LogP contribution < -0.4 is 23.4 Å². The van der Waals surface area contributed by atoms with Crippen LogP contribution in [0.25, 0.3) is 0 Å². The van der Waals surface area contributed by atoms with Crippen LogP contribution in [0.1, 0.15) is 0 Å². The highest BCUT2D eigenvalue weighted by molar-refractivity contribution is 7.45. The van der Waals surface area contributed by atoms with E-state index in [9.17, 15) is 0 Å². The molecule has 12 N–H and O–H groups in total. The molecule has 1 heterocycles. The molecule has 16 heavy (non-hydrogen) atoms. The van der Waals surface area contributed by atoms with E-state index >= 15 is 0 Å². The molecule has 11 nitrogen and oxygen atoms in total. The molecular weight excluding hydrogens is 256 g/mol. The largest absolute Gasteiger partial charge is 0.466 e. The number of phosphoric acid groups is 1. The third kappa shape index (κ3) is 15.5. The summed E-state index contributed by atoms with van der Waals surface area (Å²) in [6, 6.07) is 0. The van der Waals surface area contributed by atoms with Gasteiger partial charge in [-0.3, -0.25) is 0 Å². The van der Waals surface area contributed by atoms with Crippen molar-refractivity contribution in [3.05, 3.63) is 0 Å². The van der Waals surface area contributed by atoms with Crippen molar-refractivity contribution in [1.29, 1.82) is 0 Å². The van der Waals surface area contributed by atoms with Crippen LogP contribution >= 0.6 is 7.82 Å². The van der Waals surface area contributed by atoms with Gasteiger partial charge in [-0.25, -0.2) is 4.57 Å². The van der Waals surface area contributed by atoms with Gasteiger partial charge >= 0.3 is 7.82 Å². The number of rotatable bonds is 0. The Bertz CT molecular complexity index is 299. The van der Waals surface area contributed by atoms with Crippen molar-refractivity contribution in [2.24, 2.45) is 0 Å². The predicted octanol–water partition coefficient (Wildman–Crippen LogP) is -3.33. The molecule has 0 radical (unpaired) electrons. The van der Waals surface area contributed by atoms with Crippen LogP contribution in [0, 0.1) is 0 Å². The third-order valence-corrected chi connectivity index (χ3v) is 0.687. The molecule has 1 rings (SSSR count). The van der Waals surface area contributed by atoms with E-state index in [2.05, 4.69) is 15.0 Å². The Morgan fingerprint density at radius 3 is 1.12 bits per heavy atom. The molecule has 0 bridgehead atoms. The van der Waals surface area contributed by atoms with Crippen molar-refractivity contribution >= 4 is 43.0 Å². The summed E-state index contributed by atoms with van der Waals surface area (Å²) >= 11 is 0. The zero-order valence-electron chi connectivity index (χ0n) is 7.48. The van der Waals surface area contributed by atoms with E-state index < -0.39 is 7.82 Å². The standard InChI is InChI=1S/C3H6N6.Al.H3N.H3O4P.3H/c4-1-7-2(5)9-3(6)8-1;;;1-5(2,3)4;;;/h(H6,4,5,6,7,8,9);;1H3;(H3,1,2,3,4);;;. The molecule has 1 aromatic rings. The monoisotopic (exact) mass is 271 g/mol. The average Bonchev–Trinajstić information content (AvgIpc) is 1.77. The highest BCUT2D eigenvalue weighted by atomic mass is 31.2. The Morgan fingerprint density at radius 1 is 0.875 bits per heavy atom. The molecule has 13 heteroatoms. The van der Waals surface area contributed by atoms with Gasteiger partial charge in [-0.15, -0.1) is 0 Å². The van der Waals surface area contributed by atoms with Crippen LogP contribution in [0.2, 0.25) is 0 Å². The van der Waals surface area contributed by atoms with Crippen LogP contribution in [0.15, 0.2) is 0 Å². The van der Waals surface area contributed by atoms with E-state index in [0.29, 0.717) is 0 Å². The van der Waals surface area contributed by atoms with Gasteiger partial charge in [-0.1, -0.05) is 0 Å². The molecule has 0 spiro atoms. The van der Waals surface area contributed by atoms with E-state index in [1.54, 1.807) is 0 Å². The van der Waals surface area contributed by atoms with E-state index in [4.69, 9.17) is 36.4 Å². The number of nitrogens with zero attached hydrogens (tertiary/aromatic N) is 3. The summed E-state index contributed by atoms with van der Waals surface area (Å²) < 4.78 is 8.88. The topological polar surface area (TPSA) is 229 Å². The molecule has 0 saturated carbocycles. The highest BCUT2D eigenvalue weighted by Crippen LogP contribution is 2.25. The summed E-state index contributed by atoms with van der Waals surface area (Å²) in [7, 11) is -4.64. The van der Waals surface area contributed by atoms with Crippen molar-refractivity contribution in [2.45, 2.75) is 0 Å². The number of hydrogen-bond acceptors (Lipinski definition) is 8. The van der Waals surface area contributed by atoms with Crippen molar-refractivity contribution < 1.29 is 19.2 Å². The summed E-state index contributed by atoms with van der Waals surface area (Å²) in [6.45, 7) is 0. The zero-order chi connectivity index (χ0) is 11.4. The second kappa shape index (κ2) is 8.20. The Kier molecular flexibility index (Phi) is 10.5. The van der Waals surface area contributed by atoms with Crippen molar-refractivity contribution in [3.63, 3.8) is 0 Å². The van der Waals surface area contributed by atoms with Gasteiger partial charge in [-0.05, 0) is 0 Å². The maximum atomic E-state index is 8.88. The molecule has 0 unspecified atom stereocenters. The molecule has 0 aliphatic rings. The summed E-state index contributed by atoms with van der Waals surface area (Å²) in [5.74, 6) is 0.125. The lowest BCUT2D eigenvalue weighted by Gasteiger charge is -1.93. The molecule has 94 valence electrons. The van der Waals surface area contributed by atoms with E-state index in [1.165, 1.54) is 0 Å². The minimum absolute atomic E-state index is 0. The number of nitrogens with two attached hydrogens (primary N) is 3. The van der Waals surface area contributed by atoms with Gasteiger partial charge in [0.1, 0.15) is 0 Å². The summed E-state index contributed by atoms with van der Waals surface area (Å²) in [5.41, 5.74) is 15.4. The van der Waals surface area contributed by atoms with Gasteiger partial charge in [-0.2, -0.15) is 15.0 Å². The van der Waals surface area contributed by atoms with E-state index in [-0.39, 0.29) is 41.4 Å². The first kappa shape index (κ1) is 20.4. The summed E-state index contributed by atoms with van der Waals surface area (Å²) in [6.07, 6.45) is 0. The Morgan fingerprint density at radius 2 is 1.00 bits per heavy atom.